The van der Waals surface area contributed by atoms with Crippen molar-refractivity contribution in [2.75, 3.05) is 5.32 Å². The molecule has 1 fully saturated rings. The van der Waals surface area contributed by atoms with Crippen molar-refractivity contribution in [3.8, 4) is 0 Å². The Balaban J connectivity index is 1.79. The Bertz CT molecular complexity index is 842. The highest BCUT2D eigenvalue weighted by Crippen LogP contribution is 2.31. The van der Waals surface area contributed by atoms with Gasteiger partial charge in [0.15, 0.2) is 0 Å². The molecule has 9 heteroatoms. The summed E-state index contributed by atoms with van der Waals surface area (Å²) >= 11 is 1.85. The molecule has 0 aliphatic heterocycles. The smallest absolute Gasteiger partial charge is 0.309 e. The predicted octanol–water partition coefficient (Wildman–Crippen LogP) is 1.10. The highest BCUT2D eigenvalue weighted by Gasteiger charge is 2.21. The highest BCUT2D eigenvalue weighted by atomic mass is 127. The van der Waals surface area contributed by atoms with Crippen LogP contribution in [0.15, 0.2) is 28.0 Å². The normalized spacial score (nSPS) is 14.9. The number of carbonyl (C=O) groups excluding carboxylic acids is 1. The lowest BCUT2D eigenvalue weighted by Gasteiger charge is -2.15. The summed E-state index contributed by atoms with van der Waals surface area (Å²) < 4.78 is 4.44. The van der Waals surface area contributed by atoms with Crippen molar-refractivity contribution >= 4 is 34.3 Å². The Kier molecular flexibility index (Phi) is 4.88. The molecular formula is C15H18IN5O3. The lowest BCUT2D eigenvalue weighted by Crippen LogP contribution is -2.42. The fraction of sp³-hybridized carbons (Fsp3) is 0.467. The molecule has 0 bridgehead atoms. The SMILES string of the molecule is Cn1cc(I)c(=O)n(CC(=O)Nc2ccnn2C2CCCC2)c1=O. The summed E-state index contributed by atoms with van der Waals surface area (Å²) in [5.74, 6) is 0.179. The lowest BCUT2D eigenvalue weighted by molar-refractivity contribution is -0.116. The maximum atomic E-state index is 12.3. The molecule has 0 aromatic carbocycles. The summed E-state index contributed by atoms with van der Waals surface area (Å²) in [7, 11) is 1.55. The van der Waals surface area contributed by atoms with Crippen molar-refractivity contribution in [2.24, 2.45) is 7.05 Å². The molecule has 1 saturated carbocycles. The molecule has 0 radical (unpaired) electrons. The Morgan fingerprint density at radius 2 is 2.08 bits per heavy atom. The second-order valence-corrected chi connectivity index (χ2v) is 7.07. The first-order chi connectivity index (χ1) is 11.5. The van der Waals surface area contributed by atoms with Crippen LogP contribution in [0.4, 0.5) is 5.82 Å². The minimum atomic E-state index is -0.514. The first-order valence-electron chi connectivity index (χ1n) is 7.76. The molecule has 0 spiro atoms. The molecule has 24 heavy (non-hydrogen) atoms. The number of aryl methyl sites for hydroxylation is 1. The van der Waals surface area contributed by atoms with Crippen molar-refractivity contribution in [1.29, 1.82) is 0 Å². The summed E-state index contributed by atoms with van der Waals surface area (Å²) in [5.41, 5.74) is -0.974. The molecule has 0 saturated heterocycles. The van der Waals surface area contributed by atoms with Crippen LogP contribution >= 0.6 is 22.6 Å². The van der Waals surface area contributed by atoms with Crippen molar-refractivity contribution < 1.29 is 4.79 Å². The molecule has 0 unspecified atom stereocenters. The quantitative estimate of drug-likeness (QED) is 0.717. The molecule has 128 valence electrons. The number of halogens is 1. The van der Waals surface area contributed by atoms with Gasteiger partial charge in [-0.3, -0.25) is 9.59 Å². The molecule has 3 rings (SSSR count). The zero-order chi connectivity index (χ0) is 17.3. The van der Waals surface area contributed by atoms with Crippen molar-refractivity contribution in [1.82, 2.24) is 18.9 Å². The van der Waals surface area contributed by atoms with Gasteiger partial charge in [-0.25, -0.2) is 14.0 Å². The number of amides is 1. The number of carbonyl (C=O) groups is 1. The maximum absolute atomic E-state index is 12.3. The standard InChI is InChI=1S/C15H18IN5O3/c1-19-8-11(16)14(23)20(15(19)24)9-13(22)18-12-6-7-17-21(12)10-4-2-3-5-10/h6-8,10H,2-5,9H2,1H3,(H,18,22). The second kappa shape index (κ2) is 6.91. The van der Waals surface area contributed by atoms with Crippen LogP contribution in [0.5, 0.6) is 0 Å². The number of rotatable bonds is 4. The van der Waals surface area contributed by atoms with Crippen LogP contribution in [-0.2, 0) is 18.4 Å². The van der Waals surface area contributed by atoms with Gasteiger partial charge in [-0.05, 0) is 35.4 Å². The number of hydrogen-bond donors (Lipinski definition) is 1. The van der Waals surface area contributed by atoms with Gasteiger partial charge in [0.05, 0.1) is 15.8 Å². The van der Waals surface area contributed by atoms with E-state index in [1.807, 2.05) is 27.3 Å². The monoisotopic (exact) mass is 443 g/mol. The molecule has 2 aromatic heterocycles. The van der Waals surface area contributed by atoms with E-state index < -0.39 is 17.2 Å². The first-order valence-corrected chi connectivity index (χ1v) is 8.84. The molecule has 2 heterocycles. The largest absolute Gasteiger partial charge is 0.331 e. The molecule has 1 aliphatic carbocycles. The zero-order valence-electron chi connectivity index (χ0n) is 13.2. The summed E-state index contributed by atoms with van der Waals surface area (Å²) in [4.78, 5) is 36.5. The Labute approximate surface area is 151 Å². The van der Waals surface area contributed by atoms with Crippen LogP contribution in [0, 0.1) is 3.57 Å². The van der Waals surface area contributed by atoms with E-state index in [2.05, 4.69) is 10.4 Å². The minimum absolute atomic E-state index is 0.295. The van der Waals surface area contributed by atoms with Gasteiger partial charge in [-0.2, -0.15) is 5.10 Å². The third-order valence-corrected chi connectivity index (χ3v) is 4.94. The minimum Gasteiger partial charge on any atom is -0.309 e. The van der Waals surface area contributed by atoms with E-state index in [1.54, 1.807) is 19.3 Å². The summed E-state index contributed by atoms with van der Waals surface area (Å²) in [6.45, 7) is -0.321. The summed E-state index contributed by atoms with van der Waals surface area (Å²) in [5, 5.41) is 7.05. The van der Waals surface area contributed by atoms with E-state index in [-0.39, 0.29) is 6.54 Å². The lowest BCUT2D eigenvalue weighted by atomic mass is 10.2. The van der Waals surface area contributed by atoms with Crippen LogP contribution < -0.4 is 16.6 Å². The average Bonchev–Trinajstić information content (AvgIpc) is 3.20. The molecule has 1 N–H and O–H groups in total. The van der Waals surface area contributed by atoms with E-state index in [1.165, 1.54) is 10.8 Å². The maximum Gasteiger partial charge on any atom is 0.331 e. The average molecular weight is 443 g/mol. The molecule has 8 nitrogen and oxygen atoms in total. The Morgan fingerprint density at radius 3 is 2.79 bits per heavy atom. The van der Waals surface area contributed by atoms with Crippen LogP contribution in [0.2, 0.25) is 0 Å². The van der Waals surface area contributed by atoms with E-state index in [4.69, 9.17) is 0 Å². The van der Waals surface area contributed by atoms with Gasteiger partial charge >= 0.3 is 5.69 Å². The molecule has 2 aromatic rings. The van der Waals surface area contributed by atoms with Gasteiger partial charge in [0.2, 0.25) is 5.91 Å². The van der Waals surface area contributed by atoms with Crippen LogP contribution in [-0.4, -0.2) is 24.8 Å². The van der Waals surface area contributed by atoms with Crippen LogP contribution in [0.3, 0.4) is 0 Å². The summed E-state index contributed by atoms with van der Waals surface area (Å²) in [6.07, 6.45) is 7.50. The van der Waals surface area contributed by atoms with E-state index in [0.717, 1.165) is 30.3 Å². The number of hydrogen-bond acceptors (Lipinski definition) is 4. The number of anilines is 1. The fourth-order valence-corrected chi connectivity index (χ4v) is 3.71. The molecule has 1 aliphatic rings. The predicted molar refractivity (Wildman–Crippen MR) is 97.0 cm³/mol. The van der Waals surface area contributed by atoms with E-state index in [9.17, 15) is 14.4 Å². The number of nitrogens with one attached hydrogen (secondary N) is 1. The topological polar surface area (TPSA) is 90.9 Å². The second-order valence-electron chi connectivity index (χ2n) is 5.91. The van der Waals surface area contributed by atoms with Crippen molar-refractivity contribution in [2.45, 2.75) is 38.3 Å². The van der Waals surface area contributed by atoms with Crippen molar-refractivity contribution in [3.63, 3.8) is 0 Å². The Morgan fingerprint density at radius 1 is 1.38 bits per heavy atom. The summed E-state index contributed by atoms with van der Waals surface area (Å²) in [6, 6.07) is 2.02. The van der Waals surface area contributed by atoms with Crippen molar-refractivity contribution in [3.05, 3.63) is 42.9 Å². The molecule has 1 amide bonds. The van der Waals surface area contributed by atoms with Crippen LogP contribution in [0.1, 0.15) is 31.7 Å². The van der Waals surface area contributed by atoms with Gasteiger partial charge < -0.3 is 9.88 Å². The molecular weight excluding hydrogens is 425 g/mol. The third-order valence-electron chi connectivity index (χ3n) is 4.20. The highest BCUT2D eigenvalue weighted by molar-refractivity contribution is 14.1. The Hall–Kier alpha value is -1.91. The third kappa shape index (κ3) is 3.30. The van der Waals surface area contributed by atoms with Crippen LogP contribution in [0.25, 0.3) is 0 Å². The van der Waals surface area contributed by atoms with Gasteiger partial charge in [0.1, 0.15) is 12.4 Å². The van der Waals surface area contributed by atoms with Gasteiger partial charge in [0.25, 0.3) is 5.56 Å². The number of nitrogens with zero attached hydrogens (tertiary/aromatic N) is 4. The fourth-order valence-electron chi connectivity index (χ4n) is 3.01. The van der Waals surface area contributed by atoms with Gasteiger partial charge in [-0.15, -0.1) is 0 Å². The number of aromatic nitrogens is 4. The van der Waals surface area contributed by atoms with E-state index >= 15 is 0 Å². The first kappa shape index (κ1) is 16.9. The zero-order valence-corrected chi connectivity index (χ0v) is 15.4. The van der Waals surface area contributed by atoms with Gasteiger partial charge in [-0.1, -0.05) is 12.8 Å². The molecule has 0 atom stereocenters. The van der Waals surface area contributed by atoms with Gasteiger partial charge in [0, 0.05) is 19.3 Å². The van der Waals surface area contributed by atoms with E-state index in [0.29, 0.717) is 15.4 Å².